The van der Waals surface area contributed by atoms with Crippen LogP contribution < -0.4 is 4.90 Å². The molecule has 4 rings (SSSR count). The van der Waals surface area contributed by atoms with Gasteiger partial charge in [-0.1, -0.05) is 17.4 Å². The Balaban J connectivity index is 1.60. The topological polar surface area (TPSA) is 83.1 Å². The molecule has 0 bridgehead atoms. The van der Waals surface area contributed by atoms with Crippen molar-refractivity contribution < 1.29 is 17.9 Å². The molecule has 2 atom stereocenters. The zero-order valence-electron chi connectivity index (χ0n) is 20.8. The number of hydrogen-bond donors (Lipinski definition) is 0. The lowest BCUT2D eigenvalue weighted by Gasteiger charge is -2.34. The molecule has 0 spiro atoms. The van der Waals surface area contributed by atoms with Crippen LogP contribution in [0.2, 0.25) is 0 Å². The molecule has 35 heavy (non-hydrogen) atoms. The van der Waals surface area contributed by atoms with E-state index in [9.17, 15) is 13.2 Å². The van der Waals surface area contributed by atoms with Gasteiger partial charge in [-0.3, -0.25) is 9.69 Å². The van der Waals surface area contributed by atoms with Gasteiger partial charge in [0.2, 0.25) is 10.0 Å². The Kier molecular flexibility index (Phi) is 7.58. The predicted molar refractivity (Wildman–Crippen MR) is 140 cm³/mol. The third-order valence-electron chi connectivity index (χ3n) is 5.90. The highest BCUT2D eigenvalue weighted by atomic mass is 32.2. The number of ether oxygens (including phenoxy) is 1. The van der Waals surface area contributed by atoms with E-state index >= 15 is 0 Å². The Hall–Kier alpha value is -2.37. The first kappa shape index (κ1) is 25.7. The number of sulfonamides is 1. The predicted octanol–water partition coefficient (Wildman–Crippen LogP) is 3.61. The summed E-state index contributed by atoms with van der Waals surface area (Å²) in [5.41, 5.74) is 2.41. The SMILES string of the molecule is Cc1ccc2nc(N(CCN(C)C)C(=O)c3ccc(S(=O)(=O)N4C[C@@H](C)O[C@@H](C)C4)cc3)sc2c1. The molecule has 1 amide bonds. The second kappa shape index (κ2) is 10.3. The van der Waals surface area contributed by atoms with Gasteiger partial charge in [0.05, 0.1) is 27.3 Å². The molecule has 0 aliphatic carbocycles. The van der Waals surface area contributed by atoms with Gasteiger partial charge in [-0.25, -0.2) is 13.4 Å². The van der Waals surface area contributed by atoms with Crippen LogP contribution in [-0.4, -0.2) is 81.0 Å². The standard InChI is InChI=1S/C25H32N4O4S2/c1-17-6-11-22-23(14-17)34-25(26-22)29(13-12-27(4)5)24(30)20-7-9-21(10-8-20)35(31,32)28-15-18(2)33-19(3)16-28/h6-11,14,18-19H,12-13,15-16H2,1-5H3/t18-,19+. The fourth-order valence-corrected chi connectivity index (χ4v) is 6.80. The number of aryl methyl sites for hydroxylation is 1. The number of hydrogen-bond acceptors (Lipinski definition) is 7. The van der Waals surface area contributed by atoms with E-state index in [4.69, 9.17) is 9.72 Å². The Bertz CT molecular complexity index is 1290. The van der Waals surface area contributed by atoms with Crippen LogP contribution in [0.1, 0.15) is 29.8 Å². The number of aromatic nitrogens is 1. The van der Waals surface area contributed by atoms with Gasteiger partial charge in [-0.15, -0.1) is 0 Å². The van der Waals surface area contributed by atoms with Crippen molar-refractivity contribution in [3.05, 3.63) is 53.6 Å². The van der Waals surface area contributed by atoms with Gasteiger partial charge in [-0.2, -0.15) is 4.31 Å². The highest BCUT2D eigenvalue weighted by molar-refractivity contribution is 7.89. The van der Waals surface area contributed by atoms with E-state index in [1.165, 1.54) is 27.8 Å². The van der Waals surface area contributed by atoms with E-state index in [1.807, 2.05) is 51.9 Å². The molecule has 0 unspecified atom stereocenters. The minimum absolute atomic E-state index is 0.169. The number of likely N-dealkylation sites (N-methyl/N-ethyl adjacent to an activating group) is 1. The largest absolute Gasteiger partial charge is 0.373 e. The van der Waals surface area contributed by atoms with Crippen molar-refractivity contribution in [2.75, 3.05) is 45.2 Å². The second-order valence-corrected chi connectivity index (χ2v) is 12.3. The number of morpholine rings is 1. The summed E-state index contributed by atoms with van der Waals surface area (Å²) in [4.78, 5) is 22.1. The minimum atomic E-state index is -3.67. The molecule has 0 saturated carbocycles. The van der Waals surface area contributed by atoms with Crippen LogP contribution in [0.4, 0.5) is 5.13 Å². The molecule has 188 valence electrons. The summed E-state index contributed by atoms with van der Waals surface area (Å²) in [6, 6.07) is 12.2. The Morgan fingerprint density at radius 3 is 2.37 bits per heavy atom. The molecule has 3 aromatic rings. The van der Waals surface area contributed by atoms with Crippen LogP contribution in [0.25, 0.3) is 10.2 Å². The maximum Gasteiger partial charge on any atom is 0.260 e. The van der Waals surface area contributed by atoms with E-state index in [2.05, 4.69) is 6.07 Å². The van der Waals surface area contributed by atoms with Crippen LogP contribution >= 0.6 is 11.3 Å². The van der Waals surface area contributed by atoms with E-state index in [-0.39, 0.29) is 23.0 Å². The zero-order valence-corrected chi connectivity index (χ0v) is 22.4. The summed E-state index contributed by atoms with van der Waals surface area (Å²) >= 11 is 1.48. The van der Waals surface area contributed by atoms with Gasteiger partial charge in [0.25, 0.3) is 5.91 Å². The molecule has 0 radical (unpaired) electrons. The van der Waals surface area contributed by atoms with Crippen LogP contribution in [0.3, 0.4) is 0 Å². The minimum Gasteiger partial charge on any atom is -0.373 e. The molecule has 10 heteroatoms. The number of carbonyl (C=O) groups is 1. The number of carbonyl (C=O) groups excluding carboxylic acids is 1. The molecule has 1 aliphatic rings. The molecule has 1 aromatic heterocycles. The lowest BCUT2D eigenvalue weighted by Crippen LogP contribution is -2.48. The Labute approximate surface area is 211 Å². The lowest BCUT2D eigenvalue weighted by molar-refractivity contribution is -0.0440. The summed E-state index contributed by atoms with van der Waals surface area (Å²) in [5, 5.41) is 0.630. The Morgan fingerprint density at radius 2 is 1.74 bits per heavy atom. The quantitative estimate of drug-likeness (QED) is 0.477. The van der Waals surface area contributed by atoms with Gasteiger partial charge >= 0.3 is 0 Å². The lowest BCUT2D eigenvalue weighted by atomic mass is 10.2. The van der Waals surface area contributed by atoms with Crippen molar-refractivity contribution in [3.8, 4) is 0 Å². The molecule has 1 fully saturated rings. The van der Waals surface area contributed by atoms with Crippen LogP contribution in [-0.2, 0) is 14.8 Å². The van der Waals surface area contributed by atoms with Crippen molar-refractivity contribution in [2.45, 2.75) is 37.9 Å². The average Bonchev–Trinajstić information content (AvgIpc) is 3.21. The van der Waals surface area contributed by atoms with Gasteiger partial charge in [0, 0.05) is 31.7 Å². The first-order valence-electron chi connectivity index (χ1n) is 11.6. The number of benzene rings is 2. The highest BCUT2D eigenvalue weighted by Crippen LogP contribution is 2.31. The molecular weight excluding hydrogens is 484 g/mol. The first-order valence-corrected chi connectivity index (χ1v) is 13.9. The van der Waals surface area contributed by atoms with Crippen molar-refractivity contribution in [1.29, 1.82) is 0 Å². The maximum atomic E-state index is 13.5. The zero-order chi connectivity index (χ0) is 25.3. The summed E-state index contributed by atoms with van der Waals surface area (Å²) in [7, 11) is 0.237. The average molecular weight is 517 g/mol. The van der Waals surface area contributed by atoms with Crippen LogP contribution in [0, 0.1) is 6.92 Å². The maximum absolute atomic E-state index is 13.5. The van der Waals surface area contributed by atoms with E-state index in [0.717, 1.165) is 15.8 Å². The summed E-state index contributed by atoms with van der Waals surface area (Å²) in [5.74, 6) is -0.208. The normalized spacial score (nSPS) is 19.4. The number of nitrogens with zero attached hydrogens (tertiary/aromatic N) is 4. The third-order valence-corrected chi connectivity index (χ3v) is 8.79. The number of thiazole rings is 1. The highest BCUT2D eigenvalue weighted by Gasteiger charge is 2.32. The molecule has 2 heterocycles. The molecule has 2 aromatic carbocycles. The summed E-state index contributed by atoms with van der Waals surface area (Å²) in [6.45, 7) is 7.51. The molecule has 1 saturated heterocycles. The van der Waals surface area contributed by atoms with E-state index in [0.29, 0.717) is 36.9 Å². The number of anilines is 1. The van der Waals surface area contributed by atoms with E-state index in [1.54, 1.807) is 17.0 Å². The van der Waals surface area contributed by atoms with Gasteiger partial charge in [-0.05, 0) is 76.8 Å². The molecule has 8 nitrogen and oxygen atoms in total. The fourth-order valence-electron chi connectivity index (χ4n) is 4.12. The van der Waals surface area contributed by atoms with Crippen LogP contribution in [0.5, 0.6) is 0 Å². The molecular formula is C25H32N4O4S2. The van der Waals surface area contributed by atoms with E-state index < -0.39 is 10.0 Å². The Morgan fingerprint density at radius 1 is 1.09 bits per heavy atom. The number of amides is 1. The third kappa shape index (κ3) is 5.73. The van der Waals surface area contributed by atoms with Crippen molar-refractivity contribution >= 4 is 42.6 Å². The van der Waals surface area contributed by atoms with Crippen molar-refractivity contribution in [1.82, 2.24) is 14.2 Å². The van der Waals surface area contributed by atoms with Crippen molar-refractivity contribution in [2.24, 2.45) is 0 Å². The first-order chi connectivity index (χ1) is 16.5. The van der Waals surface area contributed by atoms with Crippen molar-refractivity contribution in [3.63, 3.8) is 0 Å². The van der Waals surface area contributed by atoms with Gasteiger partial charge in [0.1, 0.15) is 0 Å². The monoisotopic (exact) mass is 516 g/mol. The summed E-state index contributed by atoms with van der Waals surface area (Å²) < 4.78 is 34.5. The number of fused-ring (bicyclic) bond motifs is 1. The molecule has 0 N–H and O–H groups in total. The second-order valence-electron chi connectivity index (χ2n) is 9.33. The van der Waals surface area contributed by atoms with Gasteiger partial charge in [0.15, 0.2) is 5.13 Å². The fraction of sp³-hybridized carbons (Fsp3) is 0.440. The van der Waals surface area contributed by atoms with Gasteiger partial charge < -0.3 is 9.64 Å². The number of rotatable bonds is 7. The summed E-state index contributed by atoms with van der Waals surface area (Å²) in [6.07, 6.45) is -0.338. The molecule has 1 aliphatic heterocycles. The van der Waals surface area contributed by atoms with Crippen LogP contribution in [0.15, 0.2) is 47.4 Å². The smallest absolute Gasteiger partial charge is 0.260 e.